The Labute approximate surface area is 202 Å². The minimum absolute atomic E-state index is 0. The Morgan fingerprint density at radius 3 is 2.39 bits per heavy atom. The molecule has 0 saturated carbocycles. The lowest BCUT2D eigenvalue weighted by Gasteiger charge is -2.26. The summed E-state index contributed by atoms with van der Waals surface area (Å²) >= 11 is 0. The van der Waals surface area contributed by atoms with Crippen LogP contribution in [-0.4, -0.2) is 49.5 Å². The highest BCUT2D eigenvalue weighted by atomic mass is 127. The molecule has 1 aromatic carbocycles. The molecule has 3 rings (SSSR count). The van der Waals surface area contributed by atoms with Crippen molar-refractivity contribution in [2.45, 2.75) is 39.3 Å². The largest absolute Gasteiger partial charge is 0.468 e. The van der Waals surface area contributed by atoms with Crippen molar-refractivity contribution in [1.82, 2.24) is 20.9 Å². The zero-order chi connectivity index (χ0) is 21.2. The molecule has 1 amide bonds. The van der Waals surface area contributed by atoms with Gasteiger partial charge in [-0.25, -0.2) is 4.99 Å². The highest BCUT2D eigenvalue weighted by Crippen LogP contribution is 2.24. The van der Waals surface area contributed by atoms with E-state index in [4.69, 9.17) is 9.41 Å². The van der Waals surface area contributed by atoms with Crippen LogP contribution in [0, 0.1) is 0 Å². The number of nitrogens with one attached hydrogen (secondary N) is 3. The molecule has 7 nitrogen and oxygen atoms in total. The van der Waals surface area contributed by atoms with Crippen LogP contribution in [0.25, 0.3) is 0 Å². The quantitative estimate of drug-likeness (QED) is 0.258. The minimum Gasteiger partial charge on any atom is -0.468 e. The molecular weight excluding hydrogens is 505 g/mol. The van der Waals surface area contributed by atoms with Crippen molar-refractivity contribution >= 4 is 35.8 Å². The van der Waals surface area contributed by atoms with Crippen LogP contribution in [0.2, 0.25) is 0 Å². The molecule has 1 saturated heterocycles. The zero-order valence-electron chi connectivity index (χ0n) is 18.4. The fourth-order valence-corrected chi connectivity index (χ4v) is 3.67. The SMILES string of the molecule is CCNC(=O)c1ccc(CN=C(NCC)NCC(c2ccco2)N2CCCC2)cc1.I. The fraction of sp³-hybridized carbons (Fsp3) is 0.478. The van der Waals surface area contributed by atoms with E-state index in [1.165, 1.54) is 12.8 Å². The van der Waals surface area contributed by atoms with Gasteiger partial charge in [0.1, 0.15) is 5.76 Å². The molecule has 1 atom stereocenters. The smallest absolute Gasteiger partial charge is 0.251 e. The first-order valence-corrected chi connectivity index (χ1v) is 10.9. The van der Waals surface area contributed by atoms with Crippen LogP contribution in [0.1, 0.15) is 54.4 Å². The van der Waals surface area contributed by atoms with E-state index in [-0.39, 0.29) is 35.9 Å². The van der Waals surface area contributed by atoms with Gasteiger partial charge in [0.05, 0.1) is 18.8 Å². The molecule has 2 aromatic rings. The summed E-state index contributed by atoms with van der Waals surface area (Å²) in [6, 6.07) is 11.8. The Hall–Kier alpha value is -2.07. The summed E-state index contributed by atoms with van der Waals surface area (Å²) in [7, 11) is 0. The van der Waals surface area contributed by atoms with Crippen molar-refractivity contribution in [2.24, 2.45) is 4.99 Å². The van der Waals surface area contributed by atoms with Gasteiger partial charge >= 0.3 is 0 Å². The molecule has 8 heteroatoms. The molecule has 0 spiro atoms. The van der Waals surface area contributed by atoms with Crippen LogP contribution in [0.15, 0.2) is 52.1 Å². The van der Waals surface area contributed by atoms with Gasteiger partial charge in [-0.3, -0.25) is 9.69 Å². The Balaban J connectivity index is 0.00000341. The zero-order valence-corrected chi connectivity index (χ0v) is 20.7. The van der Waals surface area contributed by atoms with E-state index in [0.717, 1.165) is 43.5 Å². The van der Waals surface area contributed by atoms with Crippen molar-refractivity contribution in [2.75, 3.05) is 32.7 Å². The third-order valence-corrected chi connectivity index (χ3v) is 5.23. The van der Waals surface area contributed by atoms with Gasteiger partial charge in [0.25, 0.3) is 5.91 Å². The second-order valence-corrected chi connectivity index (χ2v) is 7.41. The van der Waals surface area contributed by atoms with E-state index in [0.29, 0.717) is 18.7 Å². The number of hydrogen-bond donors (Lipinski definition) is 3. The number of benzene rings is 1. The van der Waals surface area contributed by atoms with E-state index < -0.39 is 0 Å². The van der Waals surface area contributed by atoms with Crippen molar-refractivity contribution < 1.29 is 9.21 Å². The molecule has 170 valence electrons. The number of halogens is 1. The number of rotatable bonds is 9. The molecule has 1 aliphatic heterocycles. The first-order chi connectivity index (χ1) is 14.7. The van der Waals surface area contributed by atoms with E-state index >= 15 is 0 Å². The average Bonchev–Trinajstić information content (AvgIpc) is 3.47. The number of carbonyl (C=O) groups excluding carboxylic acids is 1. The number of guanidine groups is 1. The summed E-state index contributed by atoms with van der Waals surface area (Å²) in [4.78, 5) is 19.1. The van der Waals surface area contributed by atoms with E-state index in [9.17, 15) is 4.79 Å². The second-order valence-electron chi connectivity index (χ2n) is 7.41. The number of furan rings is 1. The van der Waals surface area contributed by atoms with Gasteiger partial charge in [0.2, 0.25) is 0 Å². The van der Waals surface area contributed by atoms with Crippen LogP contribution < -0.4 is 16.0 Å². The third-order valence-electron chi connectivity index (χ3n) is 5.23. The first-order valence-electron chi connectivity index (χ1n) is 10.9. The van der Waals surface area contributed by atoms with Gasteiger partial charge in [-0.1, -0.05) is 12.1 Å². The van der Waals surface area contributed by atoms with E-state index in [1.807, 2.05) is 43.3 Å². The molecule has 0 aliphatic carbocycles. The van der Waals surface area contributed by atoms with Crippen molar-refractivity contribution in [3.05, 3.63) is 59.5 Å². The Morgan fingerprint density at radius 1 is 1.06 bits per heavy atom. The molecule has 3 N–H and O–H groups in total. The molecule has 1 unspecified atom stereocenters. The van der Waals surface area contributed by atoms with Crippen LogP contribution in [0.5, 0.6) is 0 Å². The number of aliphatic imine (C=N–C) groups is 1. The monoisotopic (exact) mass is 539 g/mol. The van der Waals surface area contributed by atoms with Crippen LogP contribution in [0.3, 0.4) is 0 Å². The lowest BCUT2D eigenvalue weighted by molar-refractivity contribution is 0.0956. The van der Waals surface area contributed by atoms with Crippen molar-refractivity contribution in [1.29, 1.82) is 0 Å². The predicted molar refractivity (Wildman–Crippen MR) is 135 cm³/mol. The number of amides is 1. The van der Waals surface area contributed by atoms with Crippen molar-refractivity contribution in [3.8, 4) is 0 Å². The highest BCUT2D eigenvalue weighted by Gasteiger charge is 2.25. The maximum absolute atomic E-state index is 11.9. The van der Waals surface area contributed by atoms with Gasteiger partial charge < -0.3 is 20.4 Å². The maximum atomic E-state index is 11.9. The summed E-state index contributed by atoms with van der Waals surface area (Å²) in [5.74, 6) is 1.72. The summed E-state index contributed by atoms with van der Waals surface area (Å²) < 4.78 is 5.70. The molecule has 1 aromatic heterocycles. The summed E-state index contributed by atoms with van der Waals surface area (Å²) in [6.45, 7) is 8.85. The van der Waals surface area contributed by atoms with E-state index in [2.05, 4.69) is 27.8 Å². The molecule has 1 fully saturated rings. The summed E-state index contributed by atoms with van der Waals surface area (Å²) in [5.41, 5.74) is 1.73. The Kier molecular flexibility index (Phi) is 10.9. The molecular formula is C23H34IN5O2. The van der Waals surface area contributed by atoms with Gasteiger partial charge in [0.15, 0.2) is 5.96 Å². The van der Waals surface area contributed by atoms with Gasteiger partial charge in [0, 0.05) is 25.2 Å². The maximum Gasteiger partial charge on any atom is 0.251 e. The Bertz CT molecular complexity index is 802. The standard InChI is InChI=1S/C23H33N5O2.HI/c1-3-24-22(29)19-11-9-18(10-12-19)16-26-23(25-4-2)27-17-20(21-8-7-15-30-21)28-13-5-6-14-28;/h7-12,15,20H,3-6,13-14,16-17H2,1-2H3,(H,24,29)(H2,25,26,27);1H. The Morgan fingerprint density at radius 2 is 1.77 bits per heavy atom. The topological polar surface area (TPSA) is 81.9 Å². The van der Waals surface area contributed by atoms with Crippen molar-refractivity contribution in [3.63, 3.8) is 0 Å². The molecule has 1 aliphatic rings. The highest BCUT2D eigenvalue weighted by molar-refractivity contribution is 14.0. The van der Waals surface area contributed by atoms with E-state index in [1.54, 1.807) is 6.26 Å². The molecule has 0 bridgehead atoms. The molecule has 2 heterocycles. The number of carbonyl (C=O) groups is 1. The van der Waals surface area contributed by atoms with Gasteiger partial charge in [-0.2, -0.15) is 0 Å². The number of likely N-dealkylation sites (tertiary alicyclic amines) is 1. The molecule has 0 radical (unpaired) electrons. The van der Waals surface area contributed by atoms with Gasteiger partial charge in [-0.05, 0) is 69.6 Å². The number of hydrogen-bond acceptors (Lipinski definition) is 4. The fourth-order valence-electron chi connectivity index (χ4n) is 3.67. The van der Waals surface area contributed by atoms with Crippen LogP contribution in [0.4, 0.5) is 0 Å². The average molecular weight is 539 g/mol. The van der Waals surface area contributed by atoms with Crippen LogP contribution in [-0.2, 0) is 6.54 Å². The summed E-state index contributed by atoms with van der Waals surface area (Å²) in [6.07, 6.45) is 4.21. The lowest BCUT2D eigenvalue weighted by Crippen LogP contribution is -2.42. The predicted octanol–water partition coefficient (Wildman–Crippen LogP) is 3.54. The van der Waals surface area contributed by atoms with Crippen LogP contribution >= 0.6 is 24.0 Å². The normalized spacial score (nSPS) is 15.2. The molecule has 31 heavy (non-hydrogen) atoms. The number of nitrogens with zero attached hydrogens (tertiary/aromatic N) is 2. The first kappa shape index (κ1) is 25.2. The summed E-state index contributed by atoms with van der Waals surface area (Å²) in [5, 5.41) is 9.60. The minimum atomic E-state index is -0.0477. The van der Waals surface area contributed by atoms with Gasteiger partial charge in [-0.15, -0.1) is 24.0 Å². The second kappa shape index (κ2) is 13.4. The lowest BCUT2D eigenvalue weighted by atomic mass is 10.1. The third kappa shape index (κ3) is 7.53.